The first-order chi connectivity index (χ1) is 12.6. The Morgan fingerprint density at radius 2 is 2.23 bits per heavy atom. The standard InChI is InChI=1S/C19H20N6O/c1-3-17-15-9-12(6-7-14(15)18(26)23-22-17)16-11-21-24(2)19(16)25-8-4-5-13(25)10-20/h6-7,9,11,13H,3-5,8H2,1-2H3,(H,23,26). The molecule has 0 amide bonds. The van der Waals surface area contributed by atoms with Gasteiger partial charge in [-0.25, -0.2) is 5.10 Å². The summed E-state index contributed by atoms with van der Waals surface area (Å²) in [7, 11) is 1.90. The Bertz CT molecular complexity index is 1070. The maximum absolute atomic E-state index is 12.1. The van der Waals surface area contributed by atoms with E-state index in [-0.39, 0.29) is 11.6 Å². The molecule has 4 rings (SSSR count). The highest BCUT2D eigenvalue weighted by Crippen LogP contribution is 2.35. The summed E-state index contributed by atoms with van der Waals surface area (Å²) in [6.45, 7) is 2.86. The smallest absolute Gasteiger partial charge is 0.272 e. The molecule has 0 bridgehead atoms. The molecule has 1 saturated heterocycles. The number of aryl methyl sites for hydroxylation is 2. The molecule has 1 unspecified atom stereocenters. The van der Waals surface area contributed by atoms with Crippen LogP contribution in [0.3, 0.4) is 0 Å². The predicted octanol–water partition coefficient (Wildman–Crippen LogP) is 2.38. The second-order valence-electron chi connectivity index (χ2n) is 6.60. The predicted molar refractivity (Wildman–Crippen MR) is 99.9 cm³/mol. The van der Waals surface area contributed by atoms with Crippen molar-refractivity contribution in [3.05, 3.63) is 40.4 Å². The summed E-state index contributed by atoms with van der Waals surface area (Å²) >= 11 is 0. The van der Waals surface area contributed by atoms with Gasteiger partial charge in [0.05, 0.1) is 23.3 Å². The summed E-state index contributed by atoms with van der Waals surface area (Å²) in [4.78, 5) is 14.2. The number of hydrogen-bond donors (Lipinski definition) is 1. The third-order valence-electron chi connectivity index (χ3n) is 5.09. The maximum atomic E-state index is 12.1. The molecule has 0 spiro atoms. The molecule has 3 heterocycles. The fraction of sp³-hybridized carbons (Fsp3) is 0.368. The lowest BCUT2D eigenvalue weighted by atomic mass is 10.0. The van der Waals surface area contributed by atoms with Crippen molar-refractivity contribution in [2.24, 2.45) is 7.05 Å². The van der Waals surface area contributed by atoms with Crippen LogP contribution in [0.1, 0.15) is 25.5 Å². The zero-order valence-electron chi connectivity index (χ0n) is 14.9. The van der Waals surface area contributed by atoms with E-state index < -0.39 is 0 Å². The summed E-state index contributed by atoms with van der Waals surface area (Å²) < 4.78 is 1.83. The number of benzene rings is 1. The van der Waals surface area contributed by atoms with Gasteiger partial charge in [-0.05, 0) is 37.0 Å². The molecule has 0 radical (unpaired) electrons. The van der Waals surface area contributed by atoms with Crippen LogP contribution in [0.4, 0.5) is 5.82 Å². The van der Waals surface area contributed by atoms with E-state index >= 15 is 0 Å². The van der Waals surface area contributed by atoms with Crippen molar-refractivity contribution < 1.29 is 0 Å². The van der Waals surface area contributed by atoms with Crippen LogP contribution in [0.15, 0.2) is 29.2 Å². The van der Waals surface area contributed by atoms with Gasteiger partial charge in [0, 0.05) is 24.5 Å². The van der Waals surface area contributed by atoms with Crippen LogP contribution in [-0.4, -0.2) is 32.6 Å². The second kappa shape index (κ2) is 6.30. The van der Waals surface area contributed by atoms with Crippen molar-refractivity contribution in [1.82, 2.24) is 20.0 Å². The maximum Gasteiger partial charge on any atom is 0.272 e. The van der Waals surface area contributed by atoms with Gasteiger partial charge in [0.25, 0.3) is 5.56 Å². The fourth-order valence-electron chi connectivity index (χ4n) is 3.79. The van der Waals surface area contributed by atoms with Crippen LogP contribution < -0.4 is 10.5 Å². The summed E-state index contributed by atoms with van der Waals surface area (Å²) in [6.07, 6.45) is 4.44. The van der Waals surface area contributed by atoms with Gasteiger partial charge >= 0.3 is 0 Å². The lowest BCUT2D eigenvalue weighted by molar-refractivity contribution is 0.716. The Balaban J connectivity index is 1.89. The normalized spacial score (nSPS) is 17.0. The zero-order chi connectivity index (χ0) is 18.3. The monoisotopic (exact) mass is 348 g/mol. The first-order valence-electron chi connectivity index (χ1n) is 8.84. The minimum absolute atomic E-state index is 0.125. The van der Waals surface area contributed by atoms with Gasteiger partial charge < -0.3 is 4.90 Å². The van der Waals surface area contributed by atoms with Crippen LogP contribution in [0.5, 0.6) is 0 Å². The molecule has 1 N–H and O–H groups in total. The van der Waals surface area contributed by atoms with Crippen LogP contribution in [0.2, 0.25) is 0 Å². The molecular weight excluding hydrogens is 328 g/mol. The third-order valence-corrected chi connectivity index (χ3v) is 5.09. The number of nitriles is 1. The van der Waals surface area contributed by atoms with Gasteiger partial charge in [-0.1, -0.05) is 13.0 Å². The number of hydrogen-bond acceptors (Lipinski definition) is 5. The molecule has 0 saturated carbocycles. The molecule has 7 heteroatoms. The number of H-pyrrole nitrogens is 1. The summed E-state index contributed by atoms with van der Waals surface area (Å²) in [6, 6.07) is 8.06. The molecule has 26 heavy (non-hydrogen) atoms. The highest BCUT2D eigenvalue weighted by molar-refractivity contribution is 5.90. The number of anilines is 1. The van der Waals surface area contributed by atoms with Crippen molar-refractivity contribution >= 4 is 16.6 Å². The number of nitrogens with one attached hydrogen (secondary N) is 1. The lowest BCUT2D eigenvalue weighted by Gasteiger charge is -2.23. The number of fused-ring (bicyclic) bond motifs is 1. The molecule has 1 aromatic carbocycles. The van der Waals surface area contributed by atoms with Gasteiger partial charge in [0.15, 0.2) is 0 Å². The topological polar surface area (TPSA) is 90.6 Å². The molecule has 3 aromatic rings. The van der Waals surface area contributed by atoms with Gasteiger partial charge in [-0.2, -0.15) is 15.5 Å². The van der Waals surface area contributed by atoms with Crippen LogP contribution in [0.25, 0.3) is 21.9 Å². The van der Waals surface area contributed by atoms with Gasteiger partial charge in [0.1, 0.15) is 11.9 Å². The number of nitrogens with zero attached hydrogens (tertiary/aromatic N) is 5. The molecule has 1 atom stereocenters. The van der Waals surface area contributed by atoms with Crippen molar-refractivity contribution in [1.29, 1.82) is 5.26 Å². The van der Waals surface area contributed by atoms with Crippen LogP contribution >= 0.6 is 0 Å². The van der Waals surface area contributed by atoms with E-state index in [0.29, 0.717) is 5.39 Å². The van der Waals surface area contributed by atoms with E-state index in [0.717, 1.165) is 53.8 Å². The average molecular weight is 348 g/mol. The summed E-state index contributed by atoms with van der Waals surface area (Å²) in [5.41, 5.74) is 2.63. The van der Waals surface area contributed by atoms with Gasteiger partial charge in [-0.15, -0.1) is 0 Å². The highest BCUT2D eigenvalue weighted by atomic mass is 16.1. The van der Waals surface area contributed by atoms with Gasteiger partial charge in [-0.3, -0.25) is 9.48 Å². The fourth-order valence-corrected chi connectivity index (χ4v) is 3.79. The highest BCUT2D eigenvalue weighted by Gasteiger charge is 2.29. The number of aromatic nitrogens is 4. The molecule has 132 valence electrons. The minimum atomic E-state index is -0.181. The van der Waals surface area contributed by atoms with E-state index in [9.17, 15) is 10.1 Å². The molecular formula is C19H20N6O. The number of aromatic amines is 1. The Labute approximate surface area is 150 Å². The Morgan fingerprint density at radius 3 is 3.00 bits per heavy atom. The Kier molecular flexibility index (Phi) is 3.96. The van der Waals surface area contributed by atoms with Crippen molar-refractivity contribution in [3.63, 3.8) is 0 Å². The van der Waals surface area contributed by atoms with Crippen molar-refractivity contribution in [2.45, 2.75) is 32.2 Å². The summed E-state index contributed by atoms with van der Waals surface area (Å²) in [5.74, 6) is 0.948. The molecule has 1 aliphatic rings. The Hall–Kier alpha value is -3.14. The largest absolute Gasteiger partial charge is 0.340 e. The minimum Gasteiger partial charge on any atom is -0.340 e. The molecule has 1 fully saturated rings. The second-order valence-corrected chi connectivity index (χ2v) is 6.60. The molecule has 1 aliphatic heterocycles. The summed E-state index contributed by atoms with van der Waals surface area (Å²) in [5, 5.41) is 22.1. The van der Waals surface area contributed by atoms with Crippen molar-refractivity contribution in [3.8, 4) is 17.2 Å². The van der Waals surface area contributed by atoms with E-state index in [2.05, 4.69) is 26.3 Å². The third kappa shape index (κ3) is 2.46. The Morgan fingerprint density at radius 1 is 1.38 bits per heavy atom. The van der Waals surface area contributed by atoms with Crippen molar-refractivity contribution in [2.75, 3.05) is 11.4 Å². The molecule has 7 nitrogen and oxygen atoms in total. The average Bonchev–Trinajstić information content (AvgIpc) is 3.27. The van der Waals surface area contributed by atoms with Crippen LogP contribution in [-0.2, 0) is 13.5 Å². The first-order valence-corrected chi connectivity index (χ1v) is 8.84. The van der Waals surface area contributed by atoms with Crippen LogP contribution in [0, 0.1) is 11.3 Å². The first kappa shape index (κ1) is 16.3. The zero-order valence-corrected chi connectivity index (χ0v) is 14.9. The van der Waals surface area contributed by atoms with Gasteiger partial charge in [0.2, 0.25) is 0 Å². The quantitative estimate of drug-likeness (QED) is 0.785. The van der Waals surface area contributed by atoms with E-state index in [1.165, 1.54) is 0 Å². The van der Waals surface area contributed by atoms with E-state index in [1.54, 1.807) is 0 Å². The molecule has 2 aromatic heterocycles. The molecule has 0 aliphatic carbocycles. The number of rotatable bonds is 3. The lowest BCUT2D eigenvalue weighted by Crippen LogP contribution is -2.30. The SMILES string of the molecule is CCc1n[nH]c(=O)c2ccc(-c3cnn(C)c3N3CCCC3C#N)cc12. The van der Waals surface area contributed by atoms with E-state index in [4.69, 9.17) is 0 Å². The van der Waals surface area contributed by atoms with E-state index in [1.807, 2.05) is 43.0 Å².